The highest BCUT2D eigenvalue weighted by atomic mass is 16.5. The summed E-state index contributed by atoms with van der Waals surface area (Å²) in [5.41, 5.74) is 5.09. The Morgan fingerprint density at radius 1 is 1.03 bits per heavy atom. The van der Waals surface area contributed by atoms with Gasteiger partial charge in [-0.3, -0.25) is 0 Å². The van der Waals surface area contributed by atoms with Gasteiger partial charge in [0, 0.05) is 23.0 Å². The molecule has 4 rings (SSSR count). The Labute approximate surface area is 186 Å². The summed E-state index contributed by atoms with van der Waals surface area (Å²) in [6.07, 6.45) is 0. The second-order valence-corrected chi connectivity index (χ2v) is 7.35. The summed E-state index contributed by atoms with van der Waals surface area (Å²) in [5.74, 6) is -0.404. The standard InChI is InChI=1S/C26H25N3O3/c1-3-32-26(31)19-11-14-21-22(15-19)29-25(30)23(21)24(18-7-5-4-6-8-18)28-20-12-9-17(10-13-20)16-27-2/h4-15,27,29-30H,3,16H2,1-2H3. The van der Waals surface area contributed by atoms with Crippen LogP contribution in [0.1, 0.15) is 34.0 Å². The predicted molar refractivity (Wildman–Crippen MR) is 127 cm³/mol. The first-order chi connectivity index (χ1) is 15.6. The molecule has 1 heterocycles. The Kier molecular flexibility index (Phi) is 6.33. The lowest BCUT2D eigenvalue weighted by atomic mass is 10.00. The van der Waals surface area contributed by atoms with Gasteiger partial charge in [-0.05, 0) is 43.8 Å². The number of nitrogens with zero attached hydrogens (tertiary/aromatic N) is 1. The van der Waals surface area contributed by atoms with E-state index in [0.717, 1.165) is 28.7 Å². The molecule has 0 radical (unpaired) electrons. The van der Waals surface area contributed by atoms with Crippen LogP contribution in [-0.4, -0.2) is 35.4 Å². The summed E-state index contributed by atoms with van der Waals surface area (Å²) in [4.78, 5) is 20.0. The SMILES string of the molecule is CCOC(=O)c1ccc2c(C(=Nc3ccc(CNC)cc3)c3ccccc3)c(O)[nH]c2c1. The molecule has 0 aliphatic rings. The molecule has 3 aromatic carbocycles. The molecule has 0 bridgehead atoms. The van der Waals surface area contributed by atoms with Crippen LogP contribution in [0, 0.1) is 0 Å². The van der Waals surface area contributed by atoms with Crippen molar-refractivity contribution in [2.24, 2.45) is 4.99 Å². The second-order valence-electron chi connectivity index (χ2n) is 7.35. The second kappa shape index (κ2) is 9.49. The number of carbonyl (C=O) groups is 1. The van der Waals surface area contributed by atoms with E-state index in [1.165, 1.54) is 0 Å². The maximum atomic E-state index is 12.1. The van der Waals surface area contributed by atoms with E-state index in [9.17, 15) is 9.90 Å². The maximum absolute atomic E-state index is 12.1. The first-order valence-corrected chi connectivity index (χ1v) is 10.5. The fourth-order valence-corrected chi connectivity index (χ4v) is 3.65. The van der Waals surface area contributed by atoms with Gasteiger partial charge < -0.3 is 20.1 Å². The number of aromatic nitrogens is 1. The number of aromatic hydroxyl groups is 1. The fraction of sp³-hybridized carbons (Fsp3) is 0.154. The van der Waals surface area contributed by atoms with Gasteiger partial charge in [0.05, 0.1) is 29.1 Å². The molecule has 0 atom stereocenters. The minimum atomic E-state index is -0.399. The number of aliphatic imine (C=N–C) groups is 1. The van der Waals surface area contributed by atoms with Gasteiger partial charge in [0.25, 0.3) is 0 Å². The molecule has 0 aliphatic carbocycles. The van der Waals surface area contributed by atoms with Gasteiger partial charge in [-0.2, -0.15) is 0 Å². The number of hydrogen-bond acceptors (Lipinski definition) is 5. The minimum Gasteiger partial charge on any atom is -0.494 e. The molecule has 0 amide bonds. The molecule has 6 heteroatoms. The first-order valence-electron chi connectivity index (χ1n) is 10.5. The van der Waals surface area contributed by atoms with E-state index >= 15 is 0 Å². The Balaban J connectivity index is 1.84. The van der Waals surface area contributed by atoms with E-state index in [1.54, 1.807) is 19.1 Å². The Bertz CT molecular complexity index is 1260. The summed E-state index contributed by atoms with van der Waals surface area (Å²) in [6.45, 7) is 2.85. The van der Waals surface area contributed by atoms with Crippen LogP contribution in [0.2, 0.25) is 0 Å². The van der Waals surface area contributed by atoms with Crippen molar-refractivity contribution in [1.82, 2.24) is 10.3 Å². The van der Waals surface area contributed by atoms with Crippen LogP contribution in [0.25, 0.3) is 10.9 Å². The minimum absolute atomic E-state index is 0.00425. The summed E-state index contributed by atoms with van der Waals surface area (Å²) >= 11 is 0. The number of ether oxygens (including phenoxy) is 1. The lowest BCUT2D eigenvalue weighted by Gasteiger charge is -2.08. The number of H-pyrrole nitrogens is 1. The smallest absolute Gasteiger partial charge is 0.338 e. The molecule has 162 valence electrons. The largest absolute Gasteiger partial charge is 0.494 e. The van der Waals surface area contributed by atoms with Gasteiger partial charge >= 0.3 is 5.97 Å². The van der Waals surface area contributed by atoms with E-state index in [4.69, 9.17) is 9.73 Å². The molecule has 0 saturated heterocycles. The zero-order chi connectivity index (χ0) is 22.5. The van der Waals surface area contributed by atoms with Gasteiger partial charge in [-0.1, -0.05) is 48.5 Å². The highest BCUT2D eigenvalue weighted by Crippen LogP contribution is 2.32. The summed E-state index contributed by atoms with van der Waals surface area (Å²) in [5, 5.41) is 14.7. The van der Waals surface area contributed by atoms with Crippen molar-refractivity contribution in [3.8, 4) is 5.88 Å². The number of esters is 1. The van der Waals surface area contributed by atoms with Gasteiger partial charge in [0.1, 0.15) is 0 Å². The Hall–Kier alpha value is -3.90. The van der Waals surface area contributed by atoms with Crippen LogP contribution in [0.4, 0.5) is 5.69 Å². The number of nitrogens with one attached hydrogen (secondary N) is 2. The van der Waals surface area contributed by atoms with E-state index in [0.29, 0.717) is 29.0 Å². The average Bonchev–Trinajstić information content (AvgIpc) is 3.14. The van der Waals surface area contributed by atoms with Crippen LogP contribution >= 0.6 is 0 Å². The summed E-state index contributed by atoms with van der Waals surface area (Å²) in [6, 6.07) is 22.9. The topological polar surface area (TPSA) is 86.7 Å². The fourth-order valence-electron chi connectivity index (χ4n) is 3.65. The molecule has 4 aromatic rings. The molecule has 0 fully saturated rings. The Morgan fingerprint density at radius 3 is 2.47 bits per heavy atom. The highest BCUT2D eigenvalue weighted by molar-refractivity contribution is 6.22. The van der Waals surface area contributed by atoms with Crippen LogP contribution in [-0.2, 0) is 11.3 Å². The number of aromatic amines is 1. The lowest BCUT2D eigenvalue weighted by molar-refractivity contribution is 0.0526. The zero-order valence-corrected chi connectivity index (χ0v) is 18.1. The lowest BCUT2D eigenvalue weighted by Crippen LogP contribution is -2.05. The van der Waals surface area contributed by atoms with E-state index in [2.05, 4.69) is 10.3 Å². The van der Waals surface area contributed by atoms with Gasteiger partial charge in [0.2, 0.25) is 0 Å². The normalized spacial score (nSPS) is 11.6. The van der Waals surface area contributed by atoms with E-state index < -0.39 is 5.97 Å². The number of carbonyl (C=O) groups excluding carboxylic acids is 1. The van der Waals surface area contributed by atoms with Crippen LogP contribution in [0.3, 0.4) is 0 Å². The Morgan fingerprint density at radius 2 is 1.78 bits per heavy atom. The van der Waals surface area contributed by atoms with Crippen LogP contribution < -0.4 is 5.32 Å². The average molecular weight is 428 g/mol. The van der Waals surface area contributed by atoms with Crippen molar-refractivity contribution in [3.05, 3.63) is 95.1 Å². The molecule has 3 N–H and O–H groups in total. The van der Waals surface area contributed by atoms with Crippen LogP contribution in [0.15, 0.2) is 77.8 Å². The third-order valence-electron chi connectivity index (χ3n) is 5.13. The third kappa shape index (κ3) is 4.40. The highest BCUT2D eigenvalue weighted by Gasteiger charge is 2.20. The van der Waals surface area contributed by atoms with E-state index in [-0.39, 0.29) is 5.88 Å². The van der Waals surface area contributed by atoms with Crippen molar-refractivity contribution in [2.45, 2.75) is 13.5 Å². The quantitative estimate of drug-likeness (QED) is 0.288. The predicted octanol–water partition coefficient (Wildman–Crippen LogP) is 4.94. The number of rotatable bonds is 7. The van der Waals surface area contributed by atoms with Gasteiger partial charge in [-0.15, -0.1) is 0 Å². The first kappa shape index (κ1) is 21.3. The zero-order valence-electron chi connectivity index (χ0n) is 18.1. The van der Waals surface area contributed by atoms with Crippen molar-refractivity contribution in [1.29, 1.82) is 0 Å². The number of fused-ring (bicyclic) bond motifs is 1. The number of benzene rings is 3. The van der Waals surface area contributed by atoms with Gasteiger partial charge in [0.15, 0.2) is 5.88 Å². The molecule has 1 aromatic heterocycles. The number of hydrogen-bond donors (Lipinski definition) is 3. The molecule has 0 unspecified atom stereocenters. The van der Waals surface area contributed by atoms with Crippen molar-refractivity contribution < 1.29 is 14.6 Å². The van der Waals surface area contributed by atoms with Crippen molar-refractivity contribution >= 4 is 28.3 Å². The maximum Gasteiger partial charge on any atom is 0.338 e. The molecular formula is C26H25N3O3. The van der Waals surface area contributed by atoms with E-state index in [1.807, 2.05) is 67.7 Å². The molecule has 32 heavy (non-hydrogen) atoms. The molecular weight excluding hydrogens is 402 g/mol. The van der Waals surface area contributed by atoms with Crippen LogP contribution in [0.5, 0.6) is 5.88 Å². The molecule has 6 nitrogen and oxygen atoms in total. The monoisotopic (exact) mass is 427 g/mol. The third-order valence-corrected chi connectivity index (χ3v) is 5.13. The van der Waals surface area contributed by atoms with Crippen molar-refractivity contribution in [2.75, 3.05) is 13.7 Å². The molecule has 0 spiro atoms. The van der Waals surface area contributed by atoms with Crippen molar-refractivity contribution in [3.63, 3.8) is 0 Å². The molecule has 0 saturated carbocycles. The summed E-state index contributed by atoms with van der Waals surface area (Å²) in [7, 11) is 1.91. The molecule has 0 aliphatic heterocycles. The summed E-state index contributed by atoms with van der Waals surface area (Å²) < 4.78 is 5.09. The van der Waals surface area contributed by atoms with Gasteiger partial charge in [-0.25, -0.2) is 9.79 Å².